The van der Waals surface area contributed by atoms with E-state index in [-0.39, 0.29) is 10.9 Å². The molecule has 1 amide bonds. The molecule has 0 saturated carbocycles. The Morgan fingerprint density at radius 2 is 2.00 bits per heavy atom. The van der Waals surface area contributed by atoms with Crippen LogP contribution in [0.2, 0.25) is 0 Å². The van der Waals surface area contributed by atoms with Gasteiger partial charge in [-0.2, -0.15) is 0 Å². The van der Waals surface area contributed by atoms with Crippen LogP contribution in [-0.4, -0.2) is 41.5 Å². The van der Waals surface area contributed by atoms with E-state index in [0.717, 1.165) is 13.1 Å². The maximum atomic E-state index is 12.2. The van der Waals surface area contributed by atoms with Crippen molar-refractivity contribution in [1.82, 2.24) is 10.2 Å². The number of rotatable bonds is 6. The Bertz CT molecular complexity index is 329. The molecule has 4 nitrogen and oxygen atoms in total. The van der Waals surface area contributed by atoms with Crippen molar-refractivity contribution in [3.63, 3.8) is 0 Å². The van der Waals surface area contributed by atoms with Gasteiger partial charge in [0.2, 0.25) is 5.91 Å². The van der Waals surface area contributed by atoms with Crippen LogP contribution in [0.4, 0.5) is 0 Å². The molecule has 2 atom stereocenters. The van der Waals surface area contributed by atoms with Gasteiger partial charge in [0.1, 0.15) is 0 Å². The van der Waals surface area contributed by atoms with E-state index >= 15 is 0 Å². The van der Waals surface area contributed by atoms with Gasteiger partial charge in [0.15, 0.2) is 0 Å². The van der Waals surface area contributed by atoms with E-state index in [1.54, 1.807) is 0 Å². The van der Waals surface area contributed by atoms with Crippen LogP contribution in [0.15, 0.2) is 0 Å². The van der Waals surface area contributed by atoms with Crippen molar-refractivity contribution in [2.45, 2.75) is 52.5 Å². The Balaban J connectivity index is 2.46. The van der Waals surface area contributed by atoms with Crippen molar-refractivity contribution in [2.24, 2.45) is 11.1 Å². The van der Waals surface area contributed by atoms with Gasteiger partial charge in [0.05, 0.1) is 10.4 Å². The normalized spacial score (nSPS) is 21.4. The third kappa shape index (κ3) is 4.14. The van der Waals surface area contributed by atoms with Gasteiger partial charge >= 0.3 is 0 Å². The number of carbonyl (C=O) groups excluding carboxylic acids is 1. The maximum absolute atomic E-state index is 12.2. The number of nitrogens with two attached hydrogens (primary N) is 1. The van der Waals surface area contributed by atoms with Gasteiger partial charge in [-0.05, 0) is 46.2 Å². The second-order valence-corrected chi connectivity index (χ2v) is 6.15. The summed E-state index contributed by atoms with van der Waals surface area (Å²) < 4.78 is 0. The molecule has 1 aliphatic heterocycles. The SMILES string of the molecule is CCC(C)(C(=O)NCC(C)N1CCCCC1)C(N)=S. The van der Waals surface area contributed by atoms with Crippen molar-refractivity contribution >= 4 is 23.1 Å². The van der Waals surface area contributed by atoms with Gasteiger partial charge in [0.25, 0.3) is 0 Å². The molecule has 0 bridgehead atoms. The monoisotopic (exact) mass is 285 g/mol. The van der Waals surface area contributed by atoms with Crippen molar-refractivity contribution < 1.29 is 4.79 Å². The molecule has 1 rings (SSSR count). The predicted octanol–water partition coefficient (Wildman–Crippen LogP) is 1.68. The van der Waals surface area contributed by atoms with E-state index in [4.69, 9.17) is 18.0 Å². The number of amides is 1. The zero-order chi connectivity index (χ0) is 14.5. The van der Waals surface area contributed by atoms with E-state index < -0.39 is 5.41 Å². The minimum absolute atomic E-state index is 0.0497. The Morgan fingerprint density at radius 3 is 2.47 bits per heavy atom. The van der Waals surface area contributed by atoms with Crippen molar-refractivity contribution in [2.75, 3.05) is 19.6 Å². The lowest BCUT2D eigenvalue weighted by Gasteiger charge is -2.33. The first-order chi connectivity index (χ1) is 8.91. The lowest BCUT2D eigenvalue weighted by Crippen LogP contribution is -2.50. The van der Waals surface area contributed by atoms with Crippen LogP contribution >= 0.6 is 12.2 Å². The Kier molecular flexibility index (Phi) is 6.20. The van der Waals surface area contributed by atoms with Crippen LogP contribution in [0.1, 0.15) is 46.5 Å². The molecule has 0 radical (unpaired) electrons. The Labute approximate surface area is 122 Å². The molecule has 0 aromatic heterocycles. The second kappa shape index (κ2) is 7.20. The summed E-state index contributed by atoms with van der Waals surface area (Å²) in [6.07, 6.45) is 4.48. The molecule has 110 valence electrons. The van der Waals surface area contributed by atoms with E-state index in [2.05, 4.69) is 17.1 Å². The molecular formula is C14H27N3OS. The van der Waals surface area contributed by atoms with Gasteiger partial charge in [-0.3, -0.25) is 9.69 Å². The average Bonchev–Trinajstić information content (AvgIpc) is 2.44. The molecule has 2 unspecified atom stereocenters. The summed E-state index contributed by atoms with van der Waals surface area (Å²) in [5.41, 5.74) is 4.97. The highest BCUT2D eigenvalue weighted by atomic mass is 32.1. The molecule has 3 N–H and O–H groups in total. The van der Waals surface area contributed by atoms with Gasteiger partial charge in [-0.25, -0.2) is 0 Å². The highest BCUT2D eigenvalue weighted by Gasteiger charge is 2.34. The van der Waals surface area contributed by atoms with E-state index in [1.807, 2.05) is 13.8 Å². The van der Waals surface area contributed by atoms with Crippen molar-refractivity contribution in [3.8, 4) is 0 Å². The first-order valence-electron chi connectivity index (χ1n) is 7.24. The van der Waals surface area contributed by atoms with Crippen molar-refractivity contribution in [3.05, 3.63) is 0 Å². The summed E-state index contributed by atoms with van der Waals surface area (Å²) >= 11 is 5.02. The molecule has 19 heavy (non-hydrogen) atoms. The molecule has 1 aliphatic rings. The van der Waals surface area contributed by atoms with E-state index in [9.17, 15) is 4.79 Å². The predicted molar refractivity (Wildman–Crippen MR) is 83.1 cm³/mol. The average molecular weight is 285 g/mol. The van der Waals surface area contributed by atoms with E-state index in [1.165, 1.54) is 19.3 Å². The summed E-state index contributed by atoms with van der Waals surface area (Å²) in [5.74, 6) is -0.0497. The summed E-state index contributed by atoms with van der Waals surface area (Å²) in [7, 11) is 0. The van der Waals surface area contributed by atoms with Crippen LogP contribution in [0.5, 0.6) is 0 Å². The smallest absolute Gasteiger partial charge is 0.232 e. The number of nitrogens with zero attached hydrogens (tertiary/aromatic N) is 1. The fourth-order valence-electron chi connectivity index (χ4n) is 2.37. The topological polar surface area (TPSA) is 58.4 Å². The first kappa shape index (κ1) is 16.4. The zero-order valence-electron chi connectivity index (χ0n) is 12.4. The lowest BCUT2D eigenvalue weighted by atomic mass is 9.86. The standard InChI is InChI=1S/C14H27N3OS/c1-4-14(3,12(15)19)13(18)16-10-11(2)17-8-6-5-7-9-17/h11H,4-10H2,1-3H3,(H2,15,19)(H,16,18). The van der Waals surface area contributed by atoms with E-state index in [0.29, 0.717) is 19.0 Å². The van der Waals surface area contributed by atoms with Gasteiger partial charge in [-0.1, -0.05) is 25.6 Å². The molecule has 0 aliphatic carbocycles. The van der Waals surface area contributed by atoms with Crippen LogP contribution in [-0.2, 0) is 4.79 Å². The molecule has 5 heteroatoms. The zero-order valence-corrected chi connectivity index (χ0v) is 13.2. The Hall–Kier alpha value is -0.680. The van der Waals surface area contributed by atoms with Crippen LogP contribution in [0.25, 0.3) is 0 Å². The van der Waals surface area contributed by atoms with Crippen LogP contribution in [0.3, 0.4) is 0 Å². The second-order valence-electron chi connectivity index (χ2n) is 5.71. The molecule has 0 spiro atoms. The quantitative estimate of drug-likeness (QED) is 0.729. The number of thiocarbonyl (C=S) groups is 1. The third-order valence-corrected chi connectivity index (χ3v) is 4.77. The minimum Gasteiger partial charge on any atom is -0.392 e. The lowest BCUT2D eigenvalue weighted by molar-refractivity contribution is -0.127. The summed E-state index contributed by atoms with van der Waals surface area (Å²) in [6, 6.07) is 0.372. The number of nitrogens with one attached hydrogen (secondary N) is 1. The highest BCUT2D eigenvalue weighted by Crippen LogP contribution is 2.21. The number of likely N-dealkylation sites (tertiary alicyclic amines) is 1. The summed E-state index contributed by atoms with van der Waals surface area (Å²) in [5, 5.41) is 3.00. The number of hydrogen-bond acceptors (Lipinski definition) is 3. The first-order valence-corrected chi connectivity index (χ1v) is 7.65. The van der Waals surface area contributed by atoms with Crippen LogP contribution in [0, 0.1) is 5.41 Å². The number of hydrogen-bond donors (Lipinski definition) is 2. The minimum atomic E-state index is -0.725. The van der Waals surface area contributed by atoms with Crippen molar-refractivity contribution in [1.29, 1.82) is 0 Å². The summed E-state index contributed by atoms with van der Waals surface area (Å²) in [6.45, 7) is 8.85. The highest BCUT2D eigenvalue weighted by molar-refractivity contribution is 7.80. The molecular weight excluding hydrogens is 258 g/mol. The van der Waals surface area contributed by atoms with Gasteiger partial charge in [0, 0.05) is 12.6 Å². The van der Waals surface area contributed by atoms with Gasteiger partial charge in [-0.15, -0.1) is 0 Å². The number of piperidine rings is 1. The van der Waals surface area contributed by atoms with Gasteiger partial charge < -0.3 is 11.1 Å². The number of carbonyl (C=O) groups is 1. The summed E-state index contributed by atoms with van der Waals surface area (Å²) in [4.78, 5) is 14.9. The maximum Gasteiger partial charge on any atom is 0.232 e. The molecule has 1 saturated heterocycles. The molecule has 1 heterocycles. The Morgan fingerprint density at radius 1 is 1.42 bits per heavy atom. The van der Waals surface area contributed by atoms with Crippen LogP contribution < -0.4 is 11.1 Å². The molecule has 0 aromatic rings. The fraction of sp³-hybridized carbons (Fsp3) is 0.857. The third-order valence-electron chi connectivity index (χ3n) is 4.32. The largest absolute Gasteiger partial charge is 0.392 e. The fourth-order valence-corrected chi connectivity index (χ4v) is 2.61. The molecule has 1 fully saturated rings. The molecule has 0 aromatic carbocycles.